The first-order valence-corrected chi connectivity index (χ1v) is 3.41. The van der Waals surface area contributed by atoms with Crippen molar-refractivity contribution >= 4 is 5.97 Å². The van der Waals surface area contributed by atoms with Crippen LogP contribution in [0.2, 0.25) is 0 Å². The number of esters is 1. The largest absolute Gasteiger partial charge is 0.457 e. The molecule has 0 amide bonds. The zero-order valence-electron chi connectivity index (χ0n) is 6.26. The number of hydrogen-bond acceptors (Lipinski definition) is 3. The summed E-state index contributed by atoms with van der Waals surface area (Å²) in [4.78, 5) is 10.8. The van der Waals surface area contributed by atoms with Gasteiger partial charge in [-0.05, 0) is 6.92 Å². The molecule has 3 heteroatoms. The molecule has 1 fully saturated rings. The quantitative estimate of drug-likeness (QED) is 0.539. The number of aliphatic hydroxyl groups is 1. The summed E-state index contributed by atoms with van der Waals surface area (Å²) < 4.78 is 4.92. The van der Waals surface area contributed by atoms with Gasteiger partial charge >= 0.3 is 5.97 Å². The van der Waals surface area contributed by atoms with E-state index in [2.05, 4.69) is 0 Å². The van der Waals surface area contributed by atoms with Gasteiger partial charge in [0.25, 0.3) is 0 Å². The first-order valence-electron chi connectivity index (χ1n) is 3.41. The van der Waals surface area contributed by atoms with Crippen LogP contribution in [0.5, 0.6) is 0 Å². The van der Waals surface area contributed by atoms with E-state index in [1.165, 1.54) is 0 Å². The molecule has 10 heavy (non-hydrogen) atoms. The number of aliphatic hydroxyl groups excluding tert-OH is 1. The molecule has 2 atom stereocenters. The Morgan fingerprint density at radius 3 is 2.70 bits per heavy atom. The van der Waals surface area contributed by atoms with Crippen LogP contribution < -0.4 is 0 Å². The molecule has 1 aliphatic heterocycles. The minimum Gasteiger partial charge on any atom is -0.457 e. The highest BCUT2D eigenvalue weighted by atomic mass is 16.6. The fourth-order valence-electron chi connectivity index (χ4n) is 1.21. The molecule has 3 nitrogen and oxygen atoms in total. The number of carbonyl (C=O) groups excluding carboxylic acids is 1. The predicted octanol–water partition coefficient (Wildman–Crippen LogP) is 0.320. The zero-order valence-corrected chi connectivity index (χ0v) is 6.26. The van der Waals surface area contributed by atoms with Gasteiger partial charge in [0.1, 0.15) is 5.60 Å². The van der Waals surface area contributed by atoms with Crippen molar-refractivity contribution in [2.45, 2.75) is 25.9 Å². The normalized spacial score (nSPS) is 39.9. The number of hydrogen-bond donors (Lipinski definition) is 1. The van der Waals surface area contributed by atoms with Gasteiger partial charge in [0.15, 0.2) is 0 Å². The Morgan fingerprint density at radius 2 is 2.50 bits per heavy atom. The second-order valence-corrected chi connectivity index (χ2v) is 3.13. The van der Waals surface area contributed by atoms with Crippen molar-refractivity contribution in [2.75, 3.05) is 6.61 Å². The van der Waals surface area contributed by atoms with Crippen LogP contribution in [0.25, 0.3) is 0 Å². The van der Waals surface area contributed by atoms with Gasteiger partial charge in [-0.3, -0.25) is 4.79 Å². The summed E-state index contributed by atoms with van der Waals surface area (Å²) in [7, 11) is 0. The van der Waals surface area contributed by atoms with Crippen molar-refractivity contribution < 1.29 is 14.6 Å². The minimum atomic E-state index is -0.615. The summed E-state index contributed by atoms with van der Waals surface area (Å²) in [5.41, 5.74) is -0.615. The lowest BCUT2D eigenvalue weighted by atomic mass is 9.98. The van der Waals surface area contributed by atoms with E-state index < -0.39 is 5.60 Å². The highest BCUT2D eigenvalue weighted by Gasteiger charge is 2.40. The lowest BCUT2D eigenvalue weighted by Crippen LogP contribution is -2.28. The van der Waals surface area contributed by atoms with Gasteiger partial charge in [0.05, 0.1) is 12.5 Å². The van der Waals surface area contributed by atoms with Crippen molar-refractivity contribution in [1.82, 2.24) is 0 Å². The van der Waals surface area contributed by atoms with Gasteiger partial charge in [0, 0.05) is 6.42 Å². The molecule has 0 spiro atoms. The molecule has 1 saturated heterocycles. The highest BCUT2D eigenvalue weighted by Crippen LogP contribution is 2.29. The lowest BCUT2D eigenvalue weighted by molar-refractivity contribution is -0.151. The van der Waals surface area contributed by atoms with E-state index in [4.69, 9.17) is 9.84 Å². The molecule has 0 aromatic carbocycles. The van der Waals surface area contributed by atoms with Gasteiger partial charge in [-0.15, -0.1) is 0 Å². The summed E-state index contributed by atoms with van der Waals surface area (Å²) in [5.74, 6) is -0.256. The second kappa shape index (κ2) is 2.23. The molecule has 1 heterocycles. The Hall–Kier alpha value is -0.570. The van der Waals surface area contributed by atoms with E-state index in [1.807, 2.05) is 6.92 Å². The van der Waals surface area contributed by atoms with E-state index in [-0.39, 0.29) is 18.5 Å². The van der Waals surface area contributed by atoms with E-state index >= 15 is 0 Å². The Morgan fingerprint density at radius 1 is 1.90 bits per heavy atom. The van der Waals surface area contributed by atoms with Gasteiger partial charge in [0.2, 0.25) is 0 Å². The fourth-order valence-corrected chi connectivity index (χ4v) is 1.21. The Bertz CT molecular complexity index is 155. The molecular formula is C7H12O3. The third-order valence-corrected chi connectivity index (χ3v) is 1.82. The molecule has 0 aromatic heterocycles. The predicted molar refractivity (Wildman–Crippen MR) is 35.4 cm³/mol. The van der Waals surface area contributed by atoms with Gasteiger partial charge in [-0.2, -0.15) is 0 Å². The van der Waals surface area contributed by atoms with Crippen LogP contribution in [0.3, 0.4) is 0 Å². The maximum atomic E-state index is 10.8. The Kier molecular flexibility index (Phi) is 1.68. The molecule has 0 radical (unpaired) electrons. The fraction of sp³-hybridized carbons (Fsp3) is 0.857. The van der Waals surface area contributed by atoms with Crippen LogP contribution in [-0.2, 0) is 9.53 Å². The molecule has 0 aliphatic carbocycles. The second-order valence-electron chi connectivity index (χ2n) is 3.13. The van der Waals surface area contributed by atoms with Crippen LogP contribution in [0.4, 0.5) is 0 Å². The van der Waals surface area contributed by atoms with Gasteiger partial charge < -0.3 is 9.84 Å². The van der Waals surface area contributed by atoms with Crippen LogP contribution in [-0.4, -0.2) is 23.3 Å². The number of rotatable bonds is 1. The third-order valence-electron chi connectivity index (χ3n) is 1.82. The first-order chi connectivity index (χ1) is 4.57. The number of ether oxygens (including phenoxy) is 1. The lowest BCUT2D eigenvalue weighted by Gasteiger charge is -2.18. The van der Waals surface area contributed by atoms with Crippen LogP contribution in [0.15, 0.2) is 0 Å². The molecule has 0 bridgehead atoms. The average Bonchev–Trinajstić information content (AvgIpc) is 2.10. The SMILES string of the molecule is C[C@H]1C[C@@](C)(CO)OC1=O. The van der Waals surface area contributed by atoms with Crippen molar-refractivity contribution in [2.24, 2.45) is 5.92 Å². The van der Waals surface area contributed by atoms with E-state index in [0.717, 1.165) is 0 Å². The van der Waals surface area contributed by atoms with Crippen molar-refractivity contribution in [3.63, 3.8) is 0 Å². The maximum Gasteiger partial charge on any atom is 0.309 e. The third kappa shape index (κ3) is 1.14. The summed E-state index contributed by atoms with van der Waals surface area (Å²) in [5, 5.41) is 8.78. The molecule has 0 saturated carbocycles. The topological polar surface area (TPSA) is 46.5 Å². The van der Waals surface area contributed by atoms with E-state index in [1.54, 1.807) is 6.92 Å². The van der Waals surface area contributed by atoms with Gasteiger partial charge in [-0.25, -0.2) is 0 Å². The molecular weight excluding hydrogens is 132 g/mol. The standard InChI is InChI=1S/C7H12O3/c1-5-3-7(2,4-8)10-6(5)9/h5,8H,3-4H2,1-2H3/t5-,7-/m0/s1. The molecule has 0 aromatic rings. The summed E-state index contributed by atoms with van der Waals surface area (Å²) in [6.07, 6.45) is 0.627. The molecule has 0 unspecified atom stereocenters. The first kappa shape index (κ1) is 7.54. The van der Waals surface area contributed by atoms with Crippen LogP contribution in [0.1, 0.15) is 20.3 Å². The molecule has 1 aliphatic rings. The smallest absolute Gasteiger partial charge is 0.309 e. The van der Waals surface area contributed by atoms with Crippen LogP contribution in [0, 0.1) is 5.92 Å². The van der Waals surface area contributed by atoms with E-state index in [0.29, 0.717) is 6.42 Å². The molecule has 1 rings (SSSR count). The summed E-state index contributed by atoms with van der Waals surface area (Å²) in [6.45, 7) is 3.47. The van der Waals surface area contributed by atoms with Crippen LogP contribution >= 0.6 is 0 Å². The van der Waals surface area contributed by atoms with Gasteiger partial charge in [-0.1, -0.05) is 6.92 Å². The van der Waals surface area contributed by atoms with E-state index in [9.17, 15) is 4.79 Å². The maximum absolute atomic E-state index is 10.8. The number of cyclic esters (lactones) is 1. The summed E-state index contributed by atoms with van der Waals surface area (Å²) >= 11 is 0. The average molecular weight is 144 g/mol. The monoisotopic (exact) mass is 144 g/mol. The highest BCUT2D eigenvalue weighted by molar-refractivity contribution is 5.74. The van der Waals surface area contributed by atoms with Crippen molar-refractivity contribution in [3.05, 3.63) is 0 Å². The molecule has 58 valence electrons. The summed E-state index contributed by atoms with van der Waals surface area (Å²) in [6, 6.07) is 0. The zero-order chi connectivity index (χ0) is 7.78. The van der Waals surface area contributed by atoms with Crippen molar-refractivity contribution in [1.29, 1.82) is 0 Å². The Labute approximate surface area is 60.0 Å². The van der Waals surface area contributed by atoms with Crippen molar-refractivity contribution in [3.8, 4) is 0 Å². The minimum absolute atomic E-state index is 0.0582. The Balaban J connectivity index is 2.64. The number of carbonyl (C=O) groups is 1. The molecule has 1 N–H and O–H groups in total.